The van der Waals surface area contributed by atoms with Crippen LogP contribution in [-0.4, -0.2) is 37.0 Å². The maximum Gasteiger partial charge on any atom is 0.253 e. The van der Waals surface area contributed by atoms with Crippen molar-refractivity contribution >= 4 is 11.6 Å². The third kappa shape index (κ3) is 3.16. The number of hydrogen-bond donors (Lipinski definition) is 0. The molecule has 126 valence electrons. The van der Waals surface area contributed by atoms with Gasteiger partial charge < -0.3 is 9.80 Å². The Labute approximate surface area is 144 Å². The van der Waals surface area contributed by atoms with Crippen LogP contribution in [0.15, 0.2) is 36.4 Å². The van der Waals surface area contributed by atoms with Crippen molar-refractivity contribution in [3.8, 4) is 0 Å². The molecule has 3 rings (SSSR count). The second-order valence-corrected chi connectivity index (χ2v) is 6.80. The average molecular weight is 322 g/mol. The molecule has 0 atom stereocenters. The fourth-order valence-electron chi connectivity index (χ4n) is 3.29. The minimum absolute atomic E-state index is 0.152. The van der Waals surface area contributed by atoms with Crippen LogP contribution in [0, 0.1) is 27.7 Å². The van der Waals surface area contributed by atoms with Gasteiger partial charge >= 0.3 is 0 Å². The second-order valence-electron chi connectivity index (χ2n) is 6.80. The summed E-state index contributed by atoms with van der Waals surface area (Å²) >= 11 is 0. The van der Waals surface area contributed by atoms with E-state index in [0.717, 1.165) is 31.7 Å². The van der Waals surface area contributed by atoms with E-state index in [2.05, 4.69) is 50.8 Å². The quantitative estimate of drug-likeness (QED) is 0.837. The Balaban J connectivity index is 1.69. The maximum absolute atomic E-state index is 12.7. The lowest BCUT2D eigenvalue weighted by atomic mass is 10.0. The fourth-order valence-corrected chi connectivity index (χ4v) is 3.29. The summed E-state index contributed by atoms with van der Waals surface area (Å²) in [6.07, 6.45) is 0. The molecule has 0 saturated carbocycles. The molecule has 0 aromatic heterocycles. The molecule has 0 bridgehead atoms. The van der Waals surface area contributed by atoms with Gasteiger partial charge in [-0.05, 0) is 68.1 Å². The van der Waals surface area contributed by atoms with Crippen molar-refractivity contribution in [2.75, 3.05) is 31.1 Å². The van der Waals surface area contributed by atoms with Crippen LogP contribution in [0.2, 0.25) is 0 Å². The van der Waals surface area contributed by atoms with Crippen molar-refractivity contribution in [1.29, 1.82) is 0 Å². The topological polar surface area (TPSA) is 23.6 Å². The summed E-state index contributed by atoms with van der Waals surface area (Å²) in [6, 6.07) is 12.4. The molecule has 1 aliphatic rings. The lowest BCUT2D eigenvalue weighted by Crippen LogP contribution is -2.49. The third-order valence-electron chi connectivity index (χ3n) is 5.24. The Morgan fingerprint density at radius 3 is 2.21 bits per heavy atom. The van der Waals surface area contributed by atoms with E-state index in [1.165, 1.54) is 27.9 Å². The zero-order valence-electron chi connectivity index (χ0n) is 15.1. The third-order valence-corrected chi connectivity index (χ3v) is 5.24. The summed E-state index contributed by atoms with van der Waals surface area (Å²) in [5, 5.41) is 0. The normalized spacial score (nSPS) is 14.8. The molecule has 24 heavy (non-hydrogen) atoms. The van der Waals surface area contributed by atoms with E-state index in [-0.39, 0.29) is 5.91 Å². The van der Waals surface area contributed by atoms with Crippen LogP contribution < -0.4 is 4.90 Å². The van der Waals surface area contributed by atoms with Gasteiger partial charge in [0.1, 0.15) is 0 Å². The van der Waals surface area contributed by atoms with Crippen molar-refractivity contribution in [3.05, 3.63) is 64.2 Å². The molecule has 0 radical (unpaired) electrons. The molecule has 1 heterocycles. The van der Waals surface area contributed by atoms with Gasteiger partial charge in [0.05, 0.1) is 0 Å². The number of carbonyl (C=O) groups is 1. The van der Waals surface area contributed by atoms with Crippen LogP contribution in [0.4, 0.5) is 5.69 Å². The number of benzene rings is 2. The molecular weight excluding hydrogens is 296 g/mol. The predicted octanol–water partition coefficient (Wildman–Crippen LogP) is 3.88. The summed E-state index contributed by atoms with van der Waals surface area (Å²) in [4.78, 5) is 17.1. The number of rotatable bonds is 2. The molecule has 1 saturated heterocycles. The molecule has 0 aliphatic carbocycles. The maximum atomic E-state index is 12.7. The SMILES string of the molecule is Cc1ccc(C(=O)N2CCN(c3cccc(C)c3C)CC2)cc1C. The number of aryl methyl sites for hydroxylation is 3. The Bertz CT molecular complexity index is 758. The molecule has 2 aromatic rings. The lowest BCUT2D eigenvalue weighted by molar-refractivity contribution is 0.0746. The molecule has 1 aliphatic heterocycles. The largest absolute Gasteiger partial charge is 0.368 e. The minimum atomic E-state index is 0.152. The zero-order chi connectivity index (χ0) is 17.3. The van der Waals surface area contributed by atoms with Crippen LogP contribution in [0.3, 0.4) is 0 Å². The Hall–Kier alpha value is -2.29. The van der Waals surface area contributed by atoms with Crippen molar-refractivity contribution in [2.24, 2.45) is 0 Å². The Morgan fingerprint density at radius 1 is 0.833 bits per heavy atom. The summed E-state index contributed by atoms with van der Waals surface area (Å²) in [5.41, 5.74) is 7.17. The number of carbonyl (C=O) groups excluding carboxylic acids is 1. The van der Waals surface area contributed by atoms with Crippen LogP contribution in [-0.2, 0) is 0 Å². The standard InChI is InChI=1S/C21H26N2O/c1-15-8-9-19(14-17(15)3)21(24)23-12-10-22(11-13-23)20-7-5-6-16(2)18(20)4/h5-9,14H,10-13H2,1-4H3. The van der Waals surface area contributed by atoms with E-state index >= 15 is 0 Å². The van der Waals surface area contributed by atoms with Crippen LogP contribution in [0.5, 0.6) is 0 Å². The van der Waals surface area contributed by atoms with E-state index in [0.29, 0.717) is 0 Å². The van der Waals surface area contributed by atoms with Crippen LogP contribution in [0.25, 0.3) is 0 Å². The van der Waals surface area contributed by atoms with Gasteiger partial charge in [-0.3, -0.25) is 4.79 Å². The predicted molar refractivity (Wildman–Crippen MR) is 99.9 cm³/mol. The second kappa shape index (κ2) is 6.68. The van der Waals surface area contributed by atoms with Crippen LogP contribution >= 0.6 is 0 Å². The van der Waals surface area contributed by atoms with Gasteiger partial charge in [-0.25, -0.2) is 0 Å². The van der Waals surface area contributed by atoms with E-state index in [9.17, 15) is 4.79 Å². The van der Waals surface area contributed by atoms with E-state index in [1.54, 1.807) is 0 Å². The summed E-state index contributed by atoms with van der Waals surface area (Å²) < 4.78 is 0. The van der Waals surface area contributed by atoms with E-state index in [1.807, 2.05) is 23.1 Å². The highest BCUT2D eigenvalue weighted by molar-refractivity contribution is 5.94. The van der Waals surface area contributed by atoms with Crippen molar-refractivity contribution < 1.29 is 4.79 Å². The molecular formula is C21H26N2O. The minimum Gasteiger partial charge on any atom is -0.368 e. The number of amides is 1. The van der Waals surface area contributed by atoms with Gasteiger partial charge in [-0.2, -0.15) is 0 Å². The molecule has 3 nitrogen and oxygen atoms in total. The van der Waals surface area contributed by atoms with Crippen molar-refractivity contribution in [3.63, 3.8) is 0 Å². The first-order valence-corrected chi connectivity index (χ1v) is 8.65. The monoisotopic (exact) mass is 322 g/mol. The number of piperazine rings is 1. The van der Waals surface area contributed by atoms with Gasteiger partial charge in [-0.15, -0.1) is 0 Å². The van der Waals surface area contributed by atoms with E-state index < -0.39 is 0 Å². The Kier molecular flexibility index (Phi) is 4.61. The summed E-state index contributed by atoms with van der Waals surface area (Å²) in [6.45, 7) is 11.8. The van der Waals surface area contributed by atoms with Gasteiger partial charge in [0.15, 0.2) is 0 Å². The Morgan fingerprint density at radius 2 is 1.54 bits per heavy atom. The average Bonchev–Trinajstić information content (AvgIpc) is 2.59. The van der Waals surface area contributed by atoms with Gasteiger partial charge in [0, 0.05) is 37.4 Å². The zero-order valence-corrected chi connectivity index (χ0v) is 15.1. The lowest BCUT2D eigenvalue weighted by Gasteiger charge is -2.37. The smallest absolute Gasteiger partial charge is 0.253 e. The molecule has 0 N–H and O–H groups in total. The number of hydrogen-bond acceptors (Lipinski definition) is 2. The van der Waals surface area contributed by atoms with Gasteiger partial charge in [0.25, 0.3) is 5.91 Å². The summed E-state index contributed by atoms with van der Waals surface area (Å²) in [5.74, 6) is 0.152. The number of nitrogens with zero attached hydrogens (tertiary/aromatic N) is 2. The van der Waals surface area contributed by atoms with Crippen molar-refractivity contribution in [1.82, 2.24) is 4.90 Å². The van der Waals surface area contributed by atoms with Crippen LogP contribution in [0.1, 0.15) is 32.6 Å². The van der Waals surface area contributed by atoms with Gasteiger partial charge in [0.2, 0.25) is 0 Å². The van der Waals surface area contributed by atoms with Gasteiger partial charge in [-0.1, -0.05) is 18.2 Å². The highest BCUT2D eigenvalue weighted by Crippen LogP contribution is 2.24. The van der Waals surface area contributed by atoms with Crippen molar-refractivity contribution in [2.45, 2.75) is 27.7 Å². The van der Waals surface area contributed by atoms with E-state index in [4.69, 9.17) is 0 Å². The highest BCUT2D eigenvalue weighted by atomic mass is 16.2. The highest BCUT2D eigenvalue weighted by Gasteiger charge is 2.23. The first-order valence-electron chi connectivity index (χ1n) is 8.65. The molecule has 1 fully saturated rings. The molecule has 1 amide bonds. The summed E-state index contributed by atoms with van der Waals surface area (Å²) in [7, 11) is 0. The number of anilines is 1. The first kappa shape index (κ1) is 16.6. The molecule has 0 spiro atoms. The molecule has 0 unspecified atom stereocenters. The first-order chi connectivity index (χ1) is 11.5. The molecule has 3 heteroatoms. The molecule has 2 aromatic carbocycles. The fraction of sp³-hybridized carbons (Fsp3) is 0.381.